The minimum atomic E-state index is -5.18. The average molecular weight is 383 g/mol. The van der Waals surface area contributed by atoms with Gasteiger partial charge in [0, 0.05) is 0 Å². The zero-order valence-electron chi connectivity index (χ0n) is 15.5. The molecule has 0 saturated heterocycles. The van der Waals surface area contributed by atoms with Crippen molar-refractivity contribution < 1.29 is 34.0 Å². The smallest absolute Gasteiger partial charge is 0.302 e. The van der Waals surface area contributed by atoms with Gasteiger partial charge < -0.3 is 14.7 Å². The second-order valence-electron chi connectivity index (χ2n) is 5.70. The van der Waals surface area contributed by atoms with Crippen molar-refractivity contribution in [1.29, 1.82) is 0 Å². The first-order chi connectivity index (χ1) is 11.3. The molecule has 0 aromatic rings. The first-order valence-corrected chi connectivity index (χ1v) is 10.5. The highest BCUT2D eigenvalue weighted by Crippen LogP contribution is 2.57. The van der Waals surface area contributed by atoms with E-state index in [1.807, 2.05) is 0 Å². The lowest BCUT2D eigenvalue weighted by Gasteiger charge is -2.11. The molecule has 0 amide bonds. The van der Waals surface area contributed by atoms with Gasteiger partial charge in [0.1, 0.15) is 0 Å². The van der Waals surface area contributed by atoms with E-state index >= 15 is 0 Å². The topological polar surface area (TPSA) is 113 Å². The maximum absolute atomic E-state index is 11.3. The summed E-state index contributed by atoms with van der Waals surface area (Å²) in [4.78, 5) is 26.2. The van der Waals surface area contributed by atoms with Gasteiger partial charge in [0.2, 0.25) is 0 Å². The van der Waals surface area contributed by atoms with Crippen LogP contribution in [0, 0.1) is 0 Å². The number of phosphoric ester groups is 1. The number of phosphoric acid groups is 2. The van der Waals surface area contributed by atoms with Gasteiger partial charge in [0.05, 0.1) is 7.95 Å². The SMILES string of the molecule is [2H][C@@H](/C=C(\C)CC/C=C(/C)CCC=C(C)C)OP(=O)(O)OP(=O)(O)O. The van der Waals surface area contributed by atoms with E-state index in [0.29, 0.717) is 6.42 Å². The van der Waals surface area contributed by atoms with E-state index in [1.165, 1.54) is 17.2 Å². The Morgan fingerprint density at radius 2 is 1.46 bits per heavy atom. The second-order valence-corrected chi connectivity index (χ2v) is 8.49. The van der Waals surface area contributed by atoms with Crippen LogP contribution < -0.4 is 0 Å². The van der Waals surface area contributed by atoms with Crippen LogP contribution in [0.3, 0.4) is 0 Å². The second kappa shape index (κ2) is 11.2. The number of hydrogen-bond acceptors (Lipinski definition) is 4. The van der Waals surface area contributed by atoms with Gasteiger partial charge in [0.15, 0.2) is 0 Å². The minimum Gasteiger partial charge on any atom is -0.302 e. The third-order valence-corrected chi connectivity index (χ3v) is 4.94. The normalized spacial score (nSPS) is 17.9. The molecule has 0 saturated carbocycles. The zero-order valence-corrected chi connectivity index (χ0v) is 16.3. The van der Waals surface area contributed by atoms with Gasteiger partial charge in [-0.1, -0.05) is 34.9 Å². The quantitative estimate of drug-likeness (QED) is 0.352. The first-order valence-electron chi connectivity index (χ1n) is 8.05. The summed E-state index contributed by atoms with van der Waals surface area (Å²) in [7, 11) is -10.2. The molecule has 0 aliphatic heterocycles. The molecule has 0 rings (SSSR count). The molecule has 0 radical (unpaired) electrons. The van der Waals surface area contributed by atoms with Crippen molar-refractivity contribution >= 4 is 15.6 Å². The molecule has 0 aromatic carbocycles. The average Bonchev–Trinajstić information content (AvgIpc) is 2.33. The Hall–Kier alpha value is -0.520. The van der Waals surface area contributed by atoms with E-state index in [9.17, 15) is 9.13 Å². The highest BCUT2D eigenvalue weighted by molar-refractivity contribution is 7.60. The summed E-state index contributed by atoms with van der Waals surface area (Å²) in [6, 6.07) is 0. The largest absolute Gasteiger partial charge is 0.481 e. The number of hydrogen-bond donors (Lipinski definition) is 3. The van der Waals surface area contributed by atoms with Gasteiger partial charge in [-0.05, 0) is 53.4 Å². The lowest BCUT2D eigenvalue weighted by molar-refractivity contribution is 0.191. The summed E-state index contributed by atoms with van der Waals surface area (Å²) >= 11 is 0. The fourth-order valence-electron chi connectivity index (χ4n) is 1.70. The van der Waals surface area contributed by atoms with Crippen LogP contribution in [0.25, 0.3) is 0 Å². The molecule has 140 valence electrons. The summed E-state index contributed by atoms with van der Waals surface area (Å²) in [6.45, 7) is 6.34. The molecule has 1 unspecified atom stereocenters. The van der Waals surface area contributed by atoms with E-state index in [2.05, 4.69) is 41.8 Å². The monoisotopic (exact) mass is 383 g/mol. The molecule has 0 aliphatic carbocycles. The van der Waals surface area contributed by atoms with Crippen LogP contribution in [0.15, 0.2) is 34.9 Å². The van der Waals surface area contributed by atoms with Crippen molar-refractivity contribution in [2.45, 2.75) is 53.4 Å². The van der Waals surface area contributed by atoms with Crippen LogP contribution in [0.4, 0.5) is 0 Å². The third-order valence-electron chi connectivity index (χ3n) is 2.88. The van der Waals surface area contributed by atoms with Crippen molar-refractivity contribution in [2.75, 3.05) is 6.58 Å². The van der Waals surface area contributed by atoms with E-state index in [0.717, 1.165) is 24.8 Å². The Morgan fingerprint density at radius 1 is 0.958 bits per heavy atom. The summed E-state index contributed by atoms with van der Waals surface area (Å²) in [5, 5.41) is 0. The van der Waals surface area contributed by atoms with E-state index in [1.54, 1.807) is 6.92 Å². The molecule has 9 heteroatoms. The van der Waals surface area contributed by atoms with Crippen LogP contribution in [0.1, 0.15) is 54.7 Å². The molecule has 0 aliphatic rings. The molecule has 0 heterocycles. The standard InChI is InChI=1S/C15H28O7P2/c1-13(2)7-5-8-14(3)9-6-10-15(4)11-12-21-24(19,20)22-23(16,17)18/h7,9,11H,5-6,8,10,12H2,1-4H3,(H,19,20)(H2,16,17,18)/b14-9-,15-11+/i12D/t12-/m0/s1. The Bertz CT molecular complexity index is 603. The van der Waals surface area contributed by atoms with Crippen molar-refractivity contribution in [3.8, 4) is 0 Å². The maximum atomic E-state index is 11.3. The number of rotatable bonds is 11. The maximum Gasteiger partial charge on any atom is 0.481 e. The van der Waals surface area contributed by atoms with E-state index in [4.69, 9.17) is 16.1 Å². The van der Waals surface area contributed by atoms with Crippen LogP contribution in [-0.4, -0.2) is 21.3 Å². The Balaban J connectivity index is 4.41. The van der Waals surface area contributed by atoms with Crippen LogP contribution >= 0.6 is 15.6 Å². The molecule has 7 nitrogen and oxygen atoms in total. The predicted molar refractivity (Wildman–Crippen MR) is 94.3 cm³/mol. The minimum absolute atomic E-state index is 0.633. The number of allylic oxidation sites excluding steroid dienone is 5. The lowest BCUT2D eigenvalue weighted by Crippen LogP contribution is -1.94. The van der Waals surface area contributed by atoms with Crippen LogP contribution in [-0.2, 0) is 18.0 Å². The highest BCUT2D eigenvalue weighted by atomic mass is 31.3. The van der Waals surface area contributed by atoms with E-state index in [-0.39, 0.29) is 0 Å². The summed E-state index contributed by atoms with van der Waals surface area (Å²) in [6.07, 6.45) is 8.93. The molecular formula is C15H28O7P2. The molecule has 24 heavy (non-hydrogen) atoms. The Labute approximate surface area is 145 Å². The van der Waals surface area contributed by atoms with Crippen molar-refractivity contribution in [3.05, 3.63) is 34.9 Å². The zero-order chi connectivity index (χ0) is 19.7. The molecule has 0 fully saturated rings. The molecule has 0 spiro atoms. The summed E-state index contributed by atoms with van der Waals surface area (Å²) in [5.74, 6) is 0. The van der Waals surface area contributed by atoms with Gasteiger partial charge >= 0.3 is 15.6 Å². The first kappa shape index (κ1) is 21.5. The van der Waals surface area contributed by atoms with E-state index < -0.39 is 22.2 Å². The summed E-state index contributed by atoms with van der Waals surface area (Å²) in [5.41, 5.74) is 3.31. The molecule has 0 aromatic heterocycles. The molecular weight excluding hydrogens is 354 g/mol. The third kappa shape index (κ3) is 15.0. The van der Waals surface area contributed by atoms with Gasteiger partial charge in [-0.25, -0.2) is 9.13 Å². The van der Waals surface area contributed by atoms with Crippen LogP contribution in [0.5, 0.6) is 0 Å². The molecule has 3 N–H and O–H groups in total. The lowest BCUT2D eigenvalue weighted by atomic mass is 10.1. The van der Waals surface area contributed by atoms with Crippen molar-refractivity contribution in [3.63, 3.8) is 0 Å². The Morgan fingerprint density at radius 3 is 1.96 bits per heavy atom. The fraction of sp³-hybridized carbons (Fsp3) is 0.600. The van der Waals surface area contributed by atoms with Crippen LogP contribution in [0.2, 0.25) is 0 Å². The van der Waals surface area contributed by atoms with Gasteiger partial charge in [-0.15, -0.1) is 0 Å². The predicted octanol–water partition coefficient (Wildman–Crippen LogP) is 4.63. The Kier molecular flexibility index (Phi) is 10.0. The van der Waals surface area contributed by atoms with Gasteiger partial charge in [-0.2, -0.15) is 4.31 Å². The van der Waals surface area contributed by atoms with Crippen molar-refractivity contribution in [2.24, 2.45) is 0 Å². The highest BCUT2D eigenvalue weighted by Gasteiger charge is 2.31. The molecule has 2 atom stereocenters. The van der Waals surface area contributed by atoms with Gasteiger partial charge in [0.25, 0.3) is 0 Å². The summed E-state index contributed by atoms with van der Waals surface area (Å²) < 4.78 is 37.4. The van der Waals surface area contributed by atoms with Crippen molar-refractivity contribution in [1.82, 2.24) is 0 Å². The fourth-order valence-corrected chi connectivity index (χ4v) is 3.14. The molecule has 0 bridgehead atoms. The van der Waals surface area contributed by atoms with Gasteiger partial charge in [-0.3, -0.25) is 4.52 Å².